The summed E-state index contributed by atoms with van der Waals surface area (Å²) in [5.41, 5.74) is 1.40. The number of thioether (sulfide) groups is 1. The number of nitrogens with zero attached hydrogens (tertiary/aromatic N) is 1. The Morgan fingerprint density at radius 2 is 1.61 bits per heavy atom. The first-order valence-corrected chi connectivity index (χ1v) is 11.1. The summed E-state index contributed by atoms with van der Waals surface area (Å²) in [4.78, 5) is 15.5. The maximum atomic E-state index is 13.5. The molecule has 3 nitrogen and oxygen atoms in total. The van der Waals surface area contributed by atoms with Gasteiger partial charge in [0.1, 0.15) is 6.17 Å². The van der Waals surface area contributed by atoms with Gasteiger partial charge in [0.15, 0.2) is 0 Å². The van der Waals surface area contributed by atoms with Gasteiger partial charge in [-0.2, -0.15) is 0 Å². The molecular formula is C21H23Cl3N2OS. The molecule has 3 rings (SSSR count). The maximum Gasteiger partial charge on any atom is 0.256 e. The SMILES string of the molecule is CC(C)C1SC(C)(C)C(Nc2ccc(Cl)cc2)N1C(=O)c1cc(Cl)cc(Cl)c1. The van der Waals surface area contributed by atoms with Gasteiger partial charge in [-0.3, -0.25) is 4.79 Å². The lowest BCUT2D eigenvalue weighted by atomic mass is 10.0. The third-order valence-electron chi connectivity index (χ3n) is 4.70. The Morgan fingerprint density at radius 1 is 1.04 bits per heavy atom. The standard InChI is InChI=1S/C21H23Cl3N2OS/c1-12(2)19-26(18(27)13-9-15(23)11-16(24)10-13)20(21(3,4)28-19)25-17-7-5-14(22)6-8-17/h5-12,19-20,25H,1-4H3. The second-order valence-electron chi connectivity index (χ2n) is 7.78. The number of anilines is 1. The van der Waals surface area contributed by atoms with E-state index < -0.39 is 0 Å². The molecular weight excluding hydrogens is 435 g/mol. The van der Waals surface area contributed by atoms with E-state index in [0.717, 1.165) is 5.69 Å². The Hall–Kier alpha value is -1.07. The van der Waals surface area contributed by atoms with Crippen LogP contribution in [-0.2, 0) is 0 Å². The van der Waals surface area contributed by atoms with Gasteiger partial charge >= 0.3 is 0 Å². The topological polar surface area (TPSA) is 32.3 Å². The summed E-state index contributed by atoms with van der Waals surface area (Å²) >= 11 is 20.1. The van der Waals surface area contributed by atoms with Gasteiger partial charge in [0.25, 0.3) is 5.91 Å². The fourth-order valence-electron chi connectivity index (χ4n) is 3.38. The predicted octanol–water partition coefficient (Wildman–Crippen LogP) is 7.03. The summed E-state index contributed by atoms with van der Waals surface area (Å²) in [6.07, 6.45) is -0.212. The van der Waals surface area contributed by atoms with Crippen LogP contribution < -0.4 is 5.32 Å². The minimum atomic E-state index is -0.212. The lowest BCUT2D eigenvalue weighted by molar-refractivity contribution is 0.0650. The van der Waals surface area contributed by atoms with E-state index >= 15 is 0 Å². The Balaban J connectivity index is 2.00. The Morgan fingerprint density at radius 3 is 2.14 bits per heavy atom. The van der Waals surface area contributed by atoms with E-state index in [9.17, 15) is 4.79 Å². The van der Waals surface area contributed by atoms with Crippen LogP contribution in [0.5, 0.6) is 0 Å². The molecule has 1 saturated heterocycles. The van der Waals surface area contributed by atoms with Crippen molar-refractivity contribution in [1.29, 1.82) is 0 Å². The highest BCUT2D eigenvalue weighted by Gasteiger charge is 2.50. The summed E-state index contributed by atoms with van der Waals surface area (Å²) in [7, 11) is 0. The van der Waals surface area contributed by atoms with Gasteiger partial charge in [-0.05, 0) is 62.2 Å². The summed E-state index contributed by atoms with van der Waals surface area (Å²) in [6, 6.07) is 12.5. The molecule has 7 heteroatoms. The molecule has 1 heterocycles. The molecule has 2 atom stereocenters. The number of rotatable bonds is 4. The van der Waals surface area contributed by atoms with Crippen molar-refractivity contribution in [2.24, 2.45) is 5.92 Å². The first-order valence-electron chi connectivity index (χ1n) is 9.07. The number of nitrogens with one attached hydrogen (secondary N) is 1. The van der Waals surface area contributed by atoms with E-state index in [0.29, 0.717) is 20.6 Å². The molecule has 1 N–H and O–H groups in total. The molecule has 2 unspecified atom stereocenters. The molecule has 1 amide bonds. The van der Waals surface area contributed by atoms with Crippen molar-refractivity contribution >= 4 is 58.2 Å². The van der Waals surface area contributed by atoms with Gasteiger partial charge in [-0.25, -0.2) is 0 Å². The molecule has 0 bridgehead atoms. The highest BCUT2D eigenvalue weighted by Crippen LogP contribution is 2.47. The Labute approximate surface area is 185 Å². The smallest absolute Gasteiger partial charge is 0.256 e. The molecule has 2 aromatic carbocycles. The van der Waals surface area contributed by atoms with Gasteiger partial charge in [-0.1, -0.05) is 48.7 Å². The fraction of sp³-hybridized carbons (Fsp3) is 0.381. The molecule has 2 aromatic rings. The van der Waals surface area contributed by atoms with E-state index in [1.165, 1.54) is 0 Å². The average molecular weight is 458 g/mol. The zero-order valence-electron chi connectivity index (χ0n) is 16.2. The van der Waals surface area contributed by atoms with Crippen molar-refractivity contribution in [2.45, 2.75) is 44.0 Å². The lowest BCUT2D eigenvalue weighted by Gasteiger charge is -2.35. The van der Waals surface area contributed by atoms with Crippen molar-refractivity contribution < 1.29 is 4.79 Å². The number of amides is 1. The third kappa shape index (κ3) is 4.56. The average Bonchev–Trinajstić information content (AvgIpc) is 2.86. The van der Waals surface area contributed by atoms with Gasteiger partial charge in [0, 0.05) is 26.3 Å². The number of carbonyl (C=O) groups excluding carboxylic acids is 1. The van der Waals surface area contributed by atoms with Crippen LogP contribution in [0.2, 0.25) is 15.1 Å². The second kappa shape index (κ2) is 8.35. The number of hydrogen-bond acceptors (Lipinski definition) is 3. The Kier molecular flexibility index (Phi) is 6.45. The van der Waals surface area contributed by atoms with E-state index in [1.807, 2.05) is 29.2 Å². The molecule has 0 aliphatic carbocycles. The third-order valence-corrected chi connectivity index (χ3v) is 7.23. The number of halogens is 3. The fourth-order valence-corrected chi connectivity index (χ4v) is 5.56. The molecule has 0 saturated carbocycles. The van der Waals surface area contributed by atoms with Crippen molar-refractivity contribution in [3.63, 3.8) is 0 Å². The molecule has 1 aliphatic heterocycles. The first-order chi connectivity index (χ1) is 13.1. The summed E-state index contributed by atoms with van der Waals surface area (Å²) in [6.45, 7) is 8.56. The van der Waals surface area contributed by atoms with Gasteiger partial charge < -0.3 is 10.2 Å². The zero-order valence-corrected chi connectivity index (χ0v) is 19.3. The minimum Gasteiger partial charge on any atom is -0.364 e. The predicted molar refractivity (Wildman–Crippen MR) is 122 cm³/mol. The zero-order chi connectivity index (χ0) is 20.6. The molecule has 0 radical (unpaired) electrons. The molecule has 1 aliphatic rings. The van der Waals surface area contributed by atoms with Crippen LogP contribution in [-0.4, -0.2) is 27.1 Å². The van der Waals surface area contributed by atoms with Crippen molar-refractivity contribution in [3.8, 4) is 0 Å². The monoisotopic (exact) mass is 456 g/mol. The number of carbonyl (C=O) groups is 1. The summed E-state index contributed by atoms with van der Waals surface area (Å²) < 4.78 is -0.202. The van der Waals surface area contributed by atoms with Gasteiger partial charge in [-0.15, -0.1) is 11.8 Å². The quantitative estimate of drug-likeness (QED) is 0.534. The first kappa shape index (κ1) is 21.6. The van der Waals surface area contributed by atoms with Crippen LogP contribution >= 0.6 is 46.6 Å². The van der Waals surface area contributed by atoms with Crippen molar-refractivity contribution in [2.75, 3.05) is 5.32 Å². The molecule has 1 fully saturated rings. The van der Waals surface area contributed by atoms with Gasteiger partial charge in [0.2, 0.25) is 0 Å². The van der Waals surface area contributed by atoms with Crippen LogP contribution in [0.4, 0.5) is 5.69 Å². The van der Waals surface area contributed by atoms with E-state index in [-0.39, 0.29) is 28.1 Å². The molecule has 150 valence electrons. The normalized spacial score (nSPS) is 21.2. The molecule has 0 aromatic heterocycles. The van der Waals surface area contributed by atoms with Crippen molar-refractivity contribution in [1.82, 2.24) is 4.90 Å². The number of benzene rings is 2. The van der Waals surface area contributed by atoms with Crippen LogP contribution in [0.3, 0.4) is 0 Å². The van der Waals surface area contributed by atoms with Crippen molar-refractivity contribution in [3.05, 3.63) is 63.1 Å². The highest BCUT2D eigenvalue weighted by atomic mass is 35.5. The van der Waals surface area contributed by atoms with Crippen LogP contribution in [0.25, 0.3) is 0 Å². The number of hydrogen-bond donors (Lipinski definition) is 1. The Bertz CT molecular complexity index is 850. The lowest BCUT2D eigenvalue weighted by Crippen LogP contribution is -2.51. The van der Waals surface area contributed by atoms with Crippen LogP contribution in [0, 0.1) is 5.92 Å². The molecule has 28 heavy (non-hydrogen) atoms. The molecule has 0 spiro atoms. The summed E-state index contributed by atoms with van der Waals surface area (Å²) in [5.74, 6) is 0.188. The minimum absolute atomic E-state index is 0.0186. The second-order valence-corrected chi connectivity index (χ2v) is 10.9. The van der Waals surface area contributed by atoms with E-state index in [4.69, 9.17) is 34.8 Å². The van der Waals surface area contributed by atoms with Crippen LogP contribution in [0.15, 0.2) is 42.5 Å². The summed E-state index contributed by atoms with van der Waals surface area (Å²) in [5, 5.41) is 5.12. The largest absolute Gasteiger partial charge is 0.364 e. The van der Waals surface area contributed by atoms with E-state index in [2.05, 4.69) is 33.0 Å². The van der Waals surface area contributed by atoms with E-state index in [1.54, 1.807) is 30.0 Å². The maximum absolute atomic E-state index is 13.5. The van der Waals surface area contributed by atoms with Crippen LogP contribution in [0.1, 0.15) is 38.1 Å². The van der Waals surface area contributed by atoms with Gasteiger partial charge in [0.05, 0.1) is 10.1 Å². The highest BCUT2D eigenvalue weighted by molar-refractivity contribution is 8.01.